The molecule has 30 heavy (non-hydrogen) atoms. The Balaban J connectivity index is 1.45. The van der Waals surface area contributed by atoms with Gasteiger partial charge < -0.3 is 15.1 Å². The first-order valence-electron chi connectivity index (χ1n) is 10.2. The Bertz CT molecular complexity index is 1120. The fraction of sp³-hybridized carbons (Fsp3) is 0.364. The molecule has 1 aliphatic heterocycles. The summed E-state index contributed by atoms with van der Waals surface area (Å²) in [5.41, 5.74) is 0.826. The summed E-state index contributed by atoms with van der Waals surface area (Å²) in [6.07, 6.45) is 6.53. The van der Waals surface area contributed by atoms with Gasteiger partial charge in [0.2, 0.25) is 5.91 Å². The van der Waals surface area contributed by atoms with Gasteiger partial charge in [0.05, 0.1) is 30.3 Å². The Labute approximate surface area is 173 Å². The van der Waals surface area contributed by atoms with E-state index in [0.717, 1.165) is 37.9 Å². The van der Waals surface area contributed by atoms with Crippen LogP contribution >= 0.6 is 0 Å². The number of nitrogens with zero attached hydrogens (tertiary/aromatic N) is 2. The van der Waals surface area contributed by atoms with Gasteiger partial charge in [-0.25, -0.2) is 4.98 Å². The van der Waals surface area contributed by atoms with Crippen molar-refractivity contribution in [2.24, 2.45) is 0 Å². The van der Waals surface area contributed by atoms with Crippen LogP contribution in [0.1, 0.15) is 47.6 Å². The van der Waals surface area contributed by atoms with Gasteiger partial charge in [0.1, 0.15) is 11.6 Å². The second-order valence-electron chi connectivity index (χ2n) is 7.42. The average Bonchev–Trinajstić information content (AvgIpc) is 3.25. The molecule has 2 N–H and O–H groups in total. The Morgan fingerprint density at radius 2 is 1.97 bits per heavy atom. The molecule has 0 saturated carbocycles. The van der Waals surface area contributed by atoms with Gasteiger partial charge in [-0.15, -0.1) is 0 Å². The highest BCUT2D eigenvalue weighted by atomic mass is 16.3. The van der Waals surface area contributed by atoms with Gasteiger partial charge in [-0.3, -0.25) is 19.0 Å². The first kappa shape index (κ1) is 19.9. The van der Waals surface area contributed by atoms with E-state index in [-0.39, 0.29) is 24.6 Å². The topological polar surface area (TPSA) is 106 Å². The summed E-state index contributed by atoms with van der Waals surface area (Å²) in [5.74, 6) is 0.704. The number of amides is 2. The van der Waals surface area contributed by atoms with Crippen molar-refractivity contribution >= 4 is 22.7 Å². The zero-order valence-corrected chi connectivity index (χ0v) is 16.6. The SMILES string of the molecule is O=C(CNC(=O)c1ccc2c(=O)n3c(nc2c1)CCCCCC3)NCc1ccco1. The van der Waals surface area contributed by atoms with E-state index in [0.29, 0.717) is 28.8 Å². The van der Waals surface area contributed by atoms with Crippen LogP contribution in [0.4, 0.5) is 0 Å². The highest BCUT2D eigenvalue weighted by Crippen LogP contribution is 2.16. The van der Waals surface area contributed by atoms with Crippen LogP contribution in [-0.2, 0) is 24.3 Å². The van der Waals surface area contributed by atoms with Gasteiger partial charge >= 0.3 is 0 Å². The van der Waals surface area contributed by atoms with E-state index >= 15 is 0 Å². The quantitative estimate of drug-likeness (QED) is 0.673. The average molecular weight is 408 g/mol. The van der Waals surface area contributed by atoms with Crippen LogP contribution in [0.3, 0.4) is 0 Å². The molecule has 4 rings (SSSR count). The lowest BCUT2D eigenvalue weighted by Crippen LogP contribution is -2.36. The summed E-state index contributed by atoms with van der Waals surface area (Å²) in [6.45, 7) is 0.793. The molecule has 0 atom stereocenters. The van der Waals surface area contributed by atoms with Crippen molar-refractivity contribution in [1.82, 2.24) is 20.2 Å². The van der Waals surface area contributed by atoms with Gasteiger partial charge in [-0.2, -0.15) is 0 Å². The molecule has 2 aromatic heterocycles. The molecule has 0 fully saturated rings. The van der Waals surface area contributed by atoms with Crippen molar-refractivity contribution in [3.05, 3.63) is 64.1 Å². The molecular formula is C22H24N4O4. The summed E-state index contributed by atoms with van der Waals surface area (Å²) in [4.78, 5) is 41.9. The minimum atomic E-state index is -0.390. The molecule has 8 nitrogen and oxygen atoms in total. The Hall–Kier alpha value is -3.42. The lowest BCUT2D eigenvalue weighted by atomic mass is 10.1. The normalized spacial score (nSPS) is 13.9. The number of hydrogen-bond acceptors (Lipinski definition) is 5. The highest BCUT2D eigenvalue weighted by Gasteiger charge is 2.15. The number of benzene rings is 1. The monoisotopic (exact) mass is 408 g/mol. The molecule has 0 spiro atoms. The van der Waals surface area contributed by atoms with Crippen LogP contribution in [0.25, 0.3) is 10.9 Å². The van der Waals surface area contributed by atoms with Crippen LogP contribution < -0.4 is 16.2 Å². The van der Waals surface area contributed by atoms with E-state index in [1.165, 1.54) is 6.26 Å². The summed E-state index contributed by atoms with van der Waals surface area (Å²) in [7, 11) is 0. The Morgan fingerprint density at radius 1 is 1.10 bits per heavy atom. The molecule has 2 amide bonds. The largest absolute Gasteiger partial charge is 0.467 e. The second kappa shape index (κ2) is 8.94. The lowest BCUT2D eigenvalue weighted by molar-refractivity contribution is -0.120. The van der Waals surface area contributed by atoms with E-state index in [4.69, 9.17) is 4.42 Å². The molecule has 1 aromatic carbocycles. The summed E-state index contributed by atoms with van der Waals surface area (Å²) in [5, 5.41) is 5.77. The second-order valence-corrected chi connectivity index (χ2v) is 7.42. The maximum atomic E-state index is 12.9. The smallest absolute Gasteiger partial charge is 0.261 e. The number of carbonyl (C=O) groups is 2. The molecule has 156 valence electrons. The van der Waals surface area contributed by atoms with Gasteiger partial charge in [-0.05, 0) is 43.2 Å². The minimum Gasteiger partial charge on any atom is -0.467 e. The van der Waals surface area contributed by atoms with E-state index in [2.05, 4.69) is 15.6 Å². The number of fused-ring (bicyclic) bond motifs is 2. The number of aromatic nitrogens is 2. The van der Waals surface area contributed by atoms with Gasteiger partial charge in [0.15, 0.2) is 0 Å². The molecule has 3 aromatic rings. The lowest BCUT2D eigenvalue weighted by Gasteiger charge is -2.16. The summed E-state index contributed by atoms with van der Waals surface area (Å²) < 4.78 is 6.92. The Morgan fingerprint density at radius 3 is 2.80 bits per heavy atom. The Kier molecular flexibility index (Phi) is 5.92. The van der Waals surface area contributed by atoms with Crippen molar-refractivity contribution in [1.29, 1.82) is 0 Å². The molecule has 3 heterocycles. The van der Waals surface area contributed by atoms with Gasteiger partial charge in [0.25, 0.3) is 11.5 Å². The zero-order chi connectivity index (χ0) is 20.9. The molecule has 8 heteroatoms. The van der Waals surface area contributed by atoms with E-state index in [1.54, 1.807) is 34.9 Å². The van der Waals surface area contributed by atoms with E-state index in [9.17, 15) is 14.4 Å². The molecule has 0 saturated heterocycles. The third-order valence-electron chi connectivity index (χ3n) is 5.28. The van der Waals surface area contributed by atoms with Crippen LogP contribution in [0, 0.1) is 0 Å². The molecule has 0 aliphatic carbocycles. The predicted molar refractivity (Wildman–Crippen MR) is 111 cm³/mol. The summed E-state index contributed by atoms with van der Waals surface area (Å²) in [6, 6.07) is 8.35. The number of rotatable bonds is 5. The van der Waals surface area contributed by atoms with Crippen LogP contribution in [0.15, 0.2) is 45.8 Å². The maximum Gasteiger partial charge on any atom is 0.261 e. The van der Waals surface area contributed by atoms with Crippen LogP contribution in [0.5, 0.6) is 0 Å². The third kappa shape index (κ3) is 4.42. The van der Waals surface area contributed by atoms with E-state index < -0.39 is 5.91 Å². The number of nitrogens with one attached hydrogen (secondary N) is 2. The third-order valence-corrected chi connectivity index (χ3v) is 5.28. The maximum absolute atomic E-state index is 12.9. The van der Waals surface area contributed by atoms with Crippen LogP contribution in [0.2, 0.25) is 0 Å². The van der Waals surface area contributed by atoms with Crippen molar-refractivity contribution in [2.45, 2.75) is 45.2 Å². The molecule has 1 aliphatic rings. The molecule has 0 radical (unpaired) electrons. The van der Waals surface area contributed by atoms with Crippen molar-refractivity contribution in [2.75, 3.05) is 6.54 Å². The number of aryl methyl sites for hydroxylation is 1. The van der Waals surface area contributed by atoms with Crippen molar-refractivity contribution in [3.63, 3.8) is 0 Å². The molecule has 0 unspecified atom stereocenters. The fourth-order valence-corrected chi connectivity index (χ4v) is 3.66. The number of carbonyl (C=O) groups excluding carboxylic acids is 2. The zero-order valence-electron chi connectivity index (χ0n) is 16.6. The standard InChI is InChI=1S/C22H24N4O4/c27-20(23-13-16-6-5-11-30-16)14-24-21(28)15-8-9-17-18(12-15)25-19-7-3-1-2-4-10-26(19)22(17)29/h5-6,8-9,11-12H,1-4,7,10,13-14H2,(H,23,27)(H,24,28). The number of furan rings is 1. The van der Waals surface area contributed by atoms with Crippen molar-refractivity contribution in [3.8, 4) is 0 Å². The first-order chi connectivity index (χ1) is 14.6. The molecule has 0 bridgehead atoms. The molecular weight excluding hydrogens is 384 g/mol. The minimum absolute atomic E-state index is 0.0545. The number of hydrogen-bond donors (Lipinski definition) is 2. The van der Waals surface area contributed by atoms with Crippen LogP contribution in [-0.4, -0.2) is 27.9 Å². The fourth-order valence-electron chi connectivity index (χ4n) is 3.66. The van der Waals surface area contributed by atoms with Gasteiger partial charge in [0, 0.05) is 18.5 Å². The van der Waals surface area contributed by atoms with Gasteiger partial charge in [-0.1, -0.05) is 12.8 Å². The van der Waals surface area contributed by atoms with E-state index in [1.807, 2.05) is 0 Å². The summed E-state index contributed by atoms with van der Waals surface area (Å²) >= 11 is 0. The highest BCUT2D eigenvalue weighted by molar-refractivity contribution is 5.99. The van der Waals surface area contributed by atoms with Crippen molar-refractivity contribution < 1.29 is 14.0 Å². The predicted octanol–water partition coefficient (Wildman–Crippen LogP) is 2.15. The first-order valence-corrected chi connectivity index (χ1v) is 10.2.